The quantitative estimate of drug-likeness (QED) is 0.140. The first-order valence-electron chi connectivity index (χ1n) is 15.7. The number of nitrogens with one attached hydrogen (secondary N) is 1. The summed E-state index contributed by atoms with van der Waals surface area (Å²) >= 11 is 6.17. The van der Waals surface area contributed by atoms with E-state index in [4.69, 9.17) is 11.6 Å². The van der Waals surface area contributed by atoms with Gasteiger partial charge in [0.05, 0.1) is 10.6 Å². The molecule has 4 rings (SSSR count). The monoisotopic (exact) mass is 659 g/mol. The molecule has 4 aromatic carbocycles. The van der Waals surface area contributed by atoms with Crippen molar-refractivity contribution in [3.05, 3.63) is 130 Å². The fourth-order valence-electron chi connectivity index (χ4n) is 5.25. The van der Waals surface area contributed by atoms with Crippen molar-refractivity contribution in [1.82, 2.24) is 10.2 Å². The van der Waals surface area contributed by atoms with Gasteiger partial charge in [0.25, 0.3) is 10.0 Å². The van der Waals surface area contributed by atoms with Gasteiger partial charge in [0, 0.05) is 24.5 Å². The molecule has 0 radical (unpaired) electrons. The summed E-state index contributed by atoms with van der Waals surface area (Å²) in [5.41, 5.74) is 3.78. The predicted molar refractivity (Wildman–Crippen MR) is 185 cm³/mol. The lowest BCUT2D eigenvalue weighted by Gasteiger charge is -2.34. The zero-order valence-corrected chi connectivity index (χ0v) is 28.2. The number of sulfonamides is 1. The van der Waals surface area contributed by atoms with Gasteiger partial charge in [0.15, 0.2) is 0 Å². The number of carbonyl (C=O) groups excluding carboxylic acids is 2. The second-order valence-corrected chi connectivity index (χ2v) is 13.6. The van der Waals surface area contributed by atoms with Crippen LogP contribution in [0.5, 0.6) is 0 Å². The van der Waals surface area contributed by atoms with Crippen LogP contribution >= 0.6 is 11.6 Å². The van der Waals surface area contributed by atoms with E-state index in [2.05, 4.69) is 5.32 Å². The van der Waals surface area contributed by atoms with Gasteiger partial charge in [-0.25, -0.2) is 8.42 Å². The Morgan fingerprint density at radius 1 is 0.826 bits per heavy atom. The Labute approximate surface area is 278 Å². The number of hydrogen-bond acceptors (Lipinski definition) is 4. The maximum atomic E-state index is 14.6. The number of unbranched alkanes of at least 4 members (excludes halogenated alkanes) is 1. The molecule has 0 bridgehead atoms. The van der Waals surface area contributed by atoms with Gasteiger partial charge in [-0.1, -0.05) is 110 Å². The van der Waals surface area contributed by atoms with Crippen LogP contribution in [0.4, 0.5) is 5.69 Å². The number of halogens is 1. The highest BCUT2D eigenvalue weighted by atomic mass is 35.5. The number of rotatable bonds is 15. The van der Waals surface area contributed by atoms with Crippen LogP contribution < -0.4 is 9.62 Å². The molecule has 4 aromatic rings. The van der Waals surface area contributed by atoms with Gasteiger partial charge in [-0.3, -0.25) is 13.9 Å². The molecule has 242 valence electrons. The first kappa shape index (κ1) is 34.7. The fraction of sp³-hybridized carbons (Fsp3) is 0.297. The van der Waals surface area contributed by atoms with Gasteiger partial charge in [0.1, 0.15) is 12.6 Å². The van der Waals surface area contributed by atoms with E-state index in [1.807, 2.05) is 75.4 Å². The van der Waals surface area contributed by atoms with Crippen LogP contribution in [0.25, 0.3) is 0 Å². The molecule has 0 aromatic heterocycles. The standard InChI is InChI=1S/C37H42ClN3O4S/c1-4-6-24-39-37(43)35(25-29-12-8-7-9-13-29)40(26-30-18-20-32(38)21-19-30)36(42)27-41(34-15-11-10-14-31(34)5-2)46(44,45)33-22-16-28(3)17-23-33/h7-23,35H,4-6,24-27H2,1-3H3,(H,39,43). The smallest absolute Gasteiger partial charge is 0.264 e. The van der Waals surface area contributed by atoms with E-state index >= 15 is 0 Å². The lowest BCUT2D eigenvalue weighted by molar-refractivity contribution is -0.140. The Morgan fingerprint density at radius 3 is 2.13 bits per heavy atom. The molecule has 0 aliphatic heterocycles. The van der Waals surface area contributed by atoms with Crippen LogP contribution in [0.2, 0.25) is 5.02 Å². The summed E-state index contributed by atoms with van der Waals surface area (Å²) < 4.78 is 29.8. The number of amides is 2. The van der Waals surface area contributed by atoms with Crippen LogP contribution in [0.15, 0.2) is 108 Å². The summed E-state index contributed by atoms with van der Waals surface area (Å²) in [4.78, 5) is 30.1. The molecule has 0 aliphatic carbocycles. The molecule has 0 fully saturated rings. The number of carbonyl (C=O) groups is 2. The topological polar surface area (TPSA) is 86.8 Å². The average Bonchev–Trinajstić information content (AvgIpc) is 3.06. The summed E-state index contributed by atoms with van der Waals surface area (Å²) in [5.74, 6) is -0.787. The molecule has 9 heteroatoms. The van der Waals surface area contributed by atoms with Crippen LogP contribution in [0.1, 0.15) is 48.9 Å². The van der Waals surface area contributed by atoms with Crippen molar-refractivity contribution in [3.8, 4) is 0 Å². The Morgan fingerprint density at radius 2 is 1.48 bits per heavy atom. The minimum Gasteiger partial charge on any atom is -0.354 e. The zero-order valence-electron chi connectivity index (χ0n) is 26.7. The lowest BCUT2D eigenvalue weighted by Crippen LogP contribution is -2.53. The highest BCUT2D eigenvalue weighted by Gasteiger charge is 2.35. The summed E-state index contributed by atoms with van der Waals surface area (Å²) in [6, 6.07) is 29.5. The molecule has 46 heavy (non-hydrogen) atoms. The maximum absolute atomic E-state index is 14.6. The number of nitrogens with zero attached hydrogens (tertiary/aromatic N) is 2. The highest BCUT2D eigenvalue weighted by molar-refractivity contribution is 7.92. The third-order valence-electron chi connectivity index (χ3n) is 7.90. The number of hydrogen-bond donors (Lipinski definition) is 1. The van der Waals surface area contributed by atoms with Crippen LogP contribution in [-0.2, 0) is 39.0 Å². The van der Waals surface area contributed by atoms with Crippen molar-refractivity contribution in [2.24, 2.45) is 0 Å². The van der Waals surface area contributed by atoms with E-state index in [0.717, 1.165) is 35.1 Å². The summed E-state index contributed by atoms with van der Waals surface area (Å²) in [5, 5.41) is 3.56. The Balaban J connectivity index is 1.81. The Bertz CT molecular complexity index is 1700. The number of benzene rings is 4. The van der Waals surface area contributed by atoms with E-state index in [1.54, 1.807) is 48.5 Å². The second-order valence-electron chi connectivity index (χ2n) is 11.3. The van der Waals surface area contributed by atoms with E-state index in [0.29, 0.717) is 23.7 Å². The van der Waals surface area contributed by atoms with Gasteiger partial charge < -0.3 is 10.2 Å². The molecule has 2 amide bonds. The molecule has 1 atom stereocenters. The molecule has 1 N–H and O–H groups in total. The number of para-hydroxylation sites is 1. The molecule has 0 saturated heterocycles. The average molecular weight is 660 g/mol. The van der Waals surface area contributed by atoms with Crippen molar-refractivity contribution in [2.75, 3.05) is 17.4 Å². The minimum absolute atomic E-state index is 0.0826. The van der Waals surface area contributed by atoms with Crippen molar-refractivity contribution in [3.63, 3.8) is 0 Å². The third kappa shape index (κ3) is 8.98. The van der Waals surface area contributed by atoms with E-state index in [9.17, 15) is 18.0 Å². The molecule has 7 nitrogen and oxygen atoms in total. The number of anilines is 1. The van der Waals surface area contributed by atoms with E-state index in [1.165, 1.54) is 9.21 Å². The van der Waals surface area contributed by atoms with Crippen molar-refractivity contribution in [1.29, 1.82) is 0 Å². The van der Waals surface area contributed by atoms with Crippen LogP contribution in [0, 0.1) is 6.92 Å². The Hall–Kier alpha value is -4.14. The predicted octanol–water partition coefficient (Wildman–Crippen LogP) is 6.96. The molecule has 0 spiro atoms. The SMILES string of the molecule is CCCCNC(=O)C(Cc1ccccc1)N(Cc1ccc(Cl)cc1)C(=O)CN(c1ccccc1CC)S(=O)(=O)c1ccc(C)cc1. The molecular formula is C37H42ClN3O4S. The molecular weight excluding hydrogens is 618 g/mol. The normalized spacial score (nSPS) is 11.9. The van der Waals surface area contributed by atoms with Gasteiger partial charge in [-0.15, -0.1) is 0 Å². The fourth-order valence-corrected chi connectivity index (χ4v) is 6.83. The van der Waals surface area contributed by atoms with Crippen LogP contribution in [0.3, 0.4) is 0 Å². The van der Waals surface area contributed by atoms with Crippen molar-refractivity contribution >= 4 is 39.1 Å². The summed E-state index contributed by atoms with van der Waals surface area (Å²) in [7, 11) is -4.17. The zero-order chi connectivity index (χ0) is 33.1. The van der Waals surface area contributed by atoms with Gasteiger partial charge in [-0.2, -0.15) is 0 Å². The van der Waals surface area contributed by atoms with E-state index in [-0.39, 0.29) is 23.8 Å². The molecule has 0 heterocycles. The number of aryl methyl sites for hydroxylation is 2. The van der Waals surface area contributed by atoms with E-state index < -0.39 is 28.5 Å². The summed E-state index contributed by atoms with van der Waals surface area (Å²) in [6.07, 6.45) is 2.52. The lowest BCUT2D eigenvalue weighted by atomic mass is 10.0. The maximum Gasteiger partial charge on any atom is 0.264 e. The minimum atomic E-state index is -4.17. The van der Waals surface area contributed by atoms with Gasteiger partial charge in [-0.05, 0) is 66.8 Å². The highest BCUT2D eigenvalue weighted by Crippen LogP contribution is 2.29. The third-order valence-corrected chi connectivity index (χ3v) is 9.92. The first-order chi connectivity index (χ1) is 22.1. The Kier molecular flexibility index (Phi) is 12.4. The second kappa shape index (κ2) is 16.4. The summed E-state index contributed by atoms with van der Waals surface area (Å²) in [6.45, 7) is 5.94. The van der Waals surface area contributed by atoms with Gasteiger partial charge >= 0.3 is 0 Å². The molecule has 0 saturated carbocycles. The first-order valence-corrected chi connectivity index (χ1v) is 17.5. The van der Waals surface area contributed by atoms with Crippen molar-refractivity contribution in [2.45, 2.75) is 63.9 Å². The van der Waals surface area contributed by atoms with Gasteiger partial charge in [0.2, 0.25) is 11.8 Å². The van der Waals surface area contributed by atoms with Crippen LogP contribution in [-0.4, -0.2) is 44.3 Å². The molecule has 0 aliphatic rings. The largest absolute Gasteiger partial charge is 0.354 e. The van der Waals surface area contributed by atoms with Crippen molar-refractivity contribution < 1.29 is 18.0 Å². The molecule has 1 unspecified atom stereocenters.